The molecule has 2 amide bonds. The molecule has 0 unspecified atom stereocenters. The van der Waals surface area contributed by atoms with Gasteiger partial charge in [0.2, 0.25) is 11.1 Å². The third-order valence-corrected chi connectivity index (χ3v) is 4.90. The van der Waals surface area contributed by atoms with Crippen molar-refractivity contribution in [2.45, 2.75) is 5.16 Å². The SMILES string of the molecule is Nn1c(SCC(=O)NNC(=O)c2ccccc2)nnc1-c1cccs1. The van der Waals surface area contributed by atoms with Crippen molar-refractivity contribution in [2.24, 2.45) is 0 Å². The van der Waals surface area contributed by atoms with E-state index in [0.29, 0.717) is 16.5 Å². The normalized spacial score (nSPS) is 10.4. The van der Waals surface area contributed by atoms with Crippen molar-refractivity contribution >= 4 is 34.9 Å². The van der Waals surface area contributed by atoms with Crippen LogP contribution < -0.4 is 16.7 Å². The van der Waals surface area contributed by atoms with Crippen LogP contribution in [-0.2, 0) is 4.79 Å². The molecule has 4 N–H and O–H groups in total. The number of thiophene rings is 1. The van der Waals surface area contributed by atoms with Crippen LogP contribution in [0.25, 0.3) is 10.7 Å². The first-order chi connectivity index (χ1) is 12.1. The monoisotopic (exact) mass is 374 g/mol. The molecule has 0 aliphatic heterocycles. The van der Waals surface area contributed by atoms with Gasteiger partial charge in [-0.1, -0.05) is 36.0 Å². The summed E-state index contributed by atoms with van der Waals surface area (Å²) < 4.78 is 1.34. The summed E-state index contributed by atoms with van der Waals surface area (Å²) in [4.78, 5) is 24.6. The second-order valence-electron chi connectivity index (χ2n) is 4.81. The first-order valence-electron chi connectivity index (χ1n) is 7.16. The van der Waals surface area contributed by atoms with E-state index in [-0.39, 0.29) is 17.6 Å². The average molecular weight is 374 g/mol. The number of nitrogens with one attached hydrogen (secondary N) is 2. The topological polar surface area (TPSA) is 115 Å². The molecule has 0 aliphatic carbocycles. The molecule has 10 heteroatoms. The Balaban J connectivity index is 1.50. The van der Waals surface area contributed by atoms with E-state index in [1.165, 1.54) is 16.0 Å². The Morgan fingerprint density at radius 3 is 2.64 bits per heavy atom. The first kappa shape index (κ1) is 17.0. The van der Waals surface area contributed by atoms with Gasteiger partial charge >= 0.3 is 0 Å². The average Bonchev–Trinajstić information content (AvgIpc) is 3.28. The van der Waals surface area contributed by atoms with Crippen LogP contribution in [0.4, 0.5) is 0 Å². The number of amides is 2. The summed E-state index contributed by atoms with van der Waals surface area (Å²) in [6.45, 7) is 0. The van der Waals surface area contributed by atoms with Gasteiger partial charge in [0, 0.05) is 5.56 Å². The van der Waals surface area contributed by atoms with Crippen molar-refractivity contribution in [1.29, 1.82) is 0 Å². The Labute approximate surface area is 151 Å². The quantitative estimate of drug-likeness (QED) is 0.352. The third-order valence-electron chi connectivity index (χ3n) is 3.09. The molecule has 0 fully saturated rings. The molecule has 1 aromatic carbocycles. The zero-order valence-corrected chi connectivity index (χ0v) is 14.5. The summed E-state index contributed by atoms with van der Waals surface area (Å²) in [7, 11) is 0. The predicted octanol–water partition coefficient (Wildman–Crippen LogP) is 1.27. The molecule has 0 saturated heterocycles. The Bertz CT molecular complexity index is 864. The van der Waals surface area contributed by atoms with Gasteiger partial charge in [0.1, 0.15) is 0 Å². The highest BCUT2D eigenvalue weighted by Crippen LogP contribution is 2.24. The highest BCUT2D eigenvalue weighted by Gasteiger charge is 2.14. The summed E-state index contributed by atoms with van der Waals surface area (Å²) in [5, 5.41) is 10.3. The van der Waals surface area contributed by atoms with Crippen LogP contribution in [0, 0.1) is 0 Å². The fourth-order valence-corrected chi connectivity index (χ4v) is 3.27. The van der Waals surface area contributed by atoms with Gasteiger partial charge in [-0.15, -0.1) is 21.5 Å². The Morgan fingerprint density at radius 1 is 1.12 bits per heavy atom. The molecule has 3 rings (SSSR count). The fourth-order valence-electron chi connectivity index (χ4n) is 1.90. The number of hydrogen-bond donors (Lipinski definition) is 3. The molecule has 2 heterocycles. The number of rotatable bonds is 5. The van der Waals surface area contributed by atoms with Crippen molar-refractivity contribution < 1.29 is 9.59 Å². The maximum atomic E-state index is 11.9. The molecule has 0 radical (unpaired) electrons. The van der Waals surface area contributed by atoms with Crippen molar-refractivity contribution in [3.8, 4) is 10.7 Å². The second kappa shape index (κ2) is 7.81. The van der Waals surface area contributed by atoms with Gasteiger partial charge in [0.15, 0.2) is 5.82 Å². The number of benzene rings is 1. The van der Waals surface area contributed by atoms with E-state index in [2.05, 4.69) is 21.0 Å². The van der Waals surface area contributed by atoms with Gasteiger partial charge in [-0.05, 0) is 23.6 Å². The first-order valence-corrected chi connectivity index (χ1v) is 9.03. The lowest BCUT2D eigenvalue weighted by atomic mass is 10.2. The van der Waals surface area contributed by atoms with Gasteiger partial charge in [-0.3, -0.25) is 20.4 Å². The Morgan fingerprint density at radius 2 is 1.92 bits per heavy atom. The van der Waals surface area contributed by atoms with Gasteiger partial charge < -0.3 is 5.84 Å². The fraction of sp³-hybridized carbons (Fsp3) is 0.0667. The lowest BCUT2D eigenvalue weighted by Gasteiger charge is -2.07. The molecule has 0 bridgehead atoms. The van der Waals surface area contributed by atoms with Gasteiger partial charge in [0.05, 0.1) is 10.6 Å². The van der Waals surface area contributed by atoms with E-state index < -0.39 is 0 Å². The predicted molar refractivity (Wildman–Crippen MR) is 96.3 cm³/mol. The van der Waals surface area contributed by atoms with Crippen LogP contribution in [0.1, 0.15) is 10.4 Å². The zero-order valence-electron chi connectivity index (χ0n) is 12.9. The summed E-state index contributed by atoms with van der Waals surface area (Å²) in [6, 6.07) is 12.4. The number of carbonyl (C=O) groups is 2. The molecule has 8 nitrogen and oxygen atoms in total. The summed E-state index contributed by atoms with van der Waals surface area (Å²) >= 11 is 2.62. The van der Waals surface area contributed by atoms with Gasteiger partial charge in [-0.2, -0.15) is 0 Å². The van der Waals surface area contributed by atoms with E-state index in [9.17, 15) is 9.59 Å². The molecule has 0 aliphatic rings. The number of carbonyl (C=O) groups excluding carboxylic acids is 2. The number of nitrogens with two attached hydrogens (primary N) is 1. The lowest BCUT2D eigenvalue weighted by molar-refractivity contribution is -0.119. The zero-order chi connectivity index (χ0) is 17.6. The molecular formula is C15H14N6O2S2. The van der Waals surface area contributed by atoms with Crippen molar-refractivity contribution in [1.82, 2.24) is 25.7 Å². The Kier molecular flexibility index (Phi) is 5.31. The van der Waals surface area contributed by atoms with E-state index >= 15 is 0 Å². The van der Waals surface area contributed by atoms with E-state index in [1.54, 1.807) is 30.3 Å². The van der Waals surface area contributed by atoms with Crippen LogP contribution in [0.15, 0.2) is 53.0 Å². The molecule has 25 heavy (non-hydrogen) atoms. The standard InChI is InChI=1S/C15H14N6O2S2/c16-21-13(11-7-4-8-24-11)18-20-15(21)25-9-12(22)17-19-14(23)10-5-2-1-3-6-10/h1-8H,9,16H2,(H,17,22)(H,19,23). The molecule has 3 aromatic rings. The van der Waals surface area contributed by atoms with E-state index in [4.69, 9.17) is 5.84 Å². The van der Waals surface area contributed by atoms with Crippen molar-refractivity contribution in [3.05, 3.63) is 53.4 Å². The molecule has 0 atom stereocenters. The maximum absolute atomic E-state index is 11.9. The smallest absolute Gasteiger partial charge is 0.269 e. The highest BCUT2D eigenvalue weighted by atomic mass is 32.2. The molecular weight excluding hydrogens is 360 g/mol. The molecule has 0 spiro atoms. The second-order valence-corrected chi connectivity index (χ2v) is 6.70. The molecule has 2 aromatic heterocycles. The highest BCUT2D eigenvalue weighted by molar-refractivity contribution is 7.99. The number of hydrazine groups is 1. The lowest BCUT2D eigenvalue weighted by Crippen LogP contribution is -2.42. The largest absolute Gasteiger partial charge is 0.335 e. The summed E-state index contributed by atoms with van der Waals surface area (Å²) in [6.07, 6.45) is 0. The number of hydrogen-bond acceptors (Lipinski definition) is 7. The van der Waals surface area contributed by atoms with Crippen LogP contribution in [0.3, 0.4) is 0 Å². The van der Waals surface area contributed by atoms with Crippen molar-refractivity contribution in [3.63, 3.8) is 0 Å². The van der Waals surface area contributed by atoms with Crippen LogP contribution >= 0.6 is 23.1 Å². The van der Waals surface area contributed by atoms with E-state index in [1.807, 2.05) is 17.5 Å². The van der Waals surface area contributed by atoms with E-state index in [0.717, 1.165) is 16.6 Å². The van der Waals surface area contributed by atoms with Crippen LogP contribution in [0.2, 0.25) is 0 Å². The Hall–Kier alpha value is -2.85. The number of nitrogen functional groups attached to an aromatic ring is 1. The molecule has 128 valence electrons. The summed E-state index contributed by atoms with van der Waals surface area (Å²) in [5.74, 6) is 5.76. The minimum absolute atomic E-state index is 0.0366. The van der Waals surface area contributed by atoms with Crippen LogP contribution in [0.5, 0.6) is 0 Å². The minimum Gasteiger partial charge on any atom is -0.335 e. The number of nitrogens with zero attached hydrogens (tertiary/aromatic N) is 3. The summed E-state index contributed by atoms with van der Waals surface area (Å²) in [5.41, 5.74) is 5.16. The van der Waals surface area contributed by atoms with Crippen molar-refractivity contribution in [2.75, 3.05) is 11.6 Å². The van der Waals surface area contributed by atoms with Gasteiger partial charge in [-0.25, -0.2) is 4.68 Å². The number of aromatic nitrogens is 3. The molecule has 0 saturated carbocycles. The maximum Gasteiger partial charge on any atom is 0.269 e. The number of thioether (sulfide) groups is 1. The third kappa shape index (κ3) is 4.17. The minimum atomic E-state index is -0.388. The van der Waals surface area contributed by atoms with Gasteiger partial charge in [0.25, 0.3) is 5.91 Å². The van der Waals surface area contributed by atoms with Crippen LogP contribution in [-0.4, -0.2) is 32.4 Å².